The molecule has 4 rings (SSSR count). The predicted molar refractivity (Wildman–Crippen MR) is 93.2 cm³/mol. The first kappa shape index (κ1) is 16.4. The van der Waals surface area contributed by atoms with E-state index in [2.05, 4.69) is 15.5 Å². The van der Waals surface area contributed by atoms with Crippen LogP contribution in [-0.4, -0.2) is 27.9 Å². The summed E-state index contributed by atoms with van der Waals surface area (Å²) in [4.78, 5) is 12.1. The molecule has 2 aliphatic rings. The molecule has 0 unspecified atom stereocenters. The largest absolute Gasteiger partial charge is 0.484 e. The number of thioether (sulfide) groups is 1. The van der Waals surface area contributed by atoms with Gasteiger partial charge in [-0.2, -0.15) is 0 Å². The number of carbonyl (C=O) groups excluding carboxylic acids is 1. The number of hydrogen-bond acceptors (Lipinski definition) is 6. The molecule has 6 nitrogen and oxygen atoms in total. The standard InChI is InChI=1S/C18H21N3O3S/c22-16(19-15-9-12-6-7-13(15)8-12)11-25-18-21-20-17(24-18)10-23-14-4-2-1-3-5-14/h1-5,12-13,15H,6-11H2,(H,19,22)/t12-,13+,15-/m1/s1. The third-order valence-electron chi connectivity index (χ3n) is 4.97. The van der Waals surface area contributed by atoms with Crippen molar-refractivity contribution in [1.82, 2.24) is 15.5 Å². The van der Waals surface area contributed by atoms with Gasteiger partial charge in [0.1, 0.15) is 5.75 Å². The topological polar surface area (TPSA) is 77.2 Å². The first-order valence-electron chi connectivity index (χ1n) is 8.68. The van der Waals surface area contributed by atoms with Crippen molar-refractivity contribution >= 4 is 17.7 Å². The number of carbonyl (C=O) groups is 1. The molecule has 0 aliphatic heterocycles. The first-order chi connectivity index (χ1) is 12.3. The average Bonchev–Trinajstić information content (AvgIpc) is 3.36. The fraction of sp³-hybridized carbons (Fsp3) is 0.500. The Kier molecular flexibility index (Phi) is 4.92. The molecule has 2 saturated carbocycles. The van der Waals surface area contributed by atoms with Gasteiger partial charge in [-0.15, -0.1) is 10.2 Å². The molecule has 132 valence electrons. The van der Waals surface area contributed by atoms with Gasteiger partial charge in [0.05, 0.1) is 5.75 Å². The van der Waals surface area contributed by atoms with Crippen LogP contribution in [0.2, 0.25) is 0 Å². The summed E-state index contributed by atoms with van der Waals surface area (Å²) in [5.41, 5.74) is 0. The van der Waals surface area contributed by atoms with Gasteiger partial charge in [0.2, 0.25) is 5.91 Å². The zero-order chi connectivity index (χ0) is 17.1. The Hall–Kier alpha value is -2.02. The lowest BCUT2D eigenvalue weighted by molar-refractivity contribution is -0.119. The van der Waals surface area contributed by atoms with E-state index < -0.39 is 0 Å². The van der Waals surface area contributed by atoms with Gasteiger partial charge in [-0.1, -0.05) is 36.4 Å². The summed E-state index contributed by atoms with van der Waals surface area (Å²) in [5, 5.41) is 11.5. The quantitative estimate of drug-likeness (QED) is 0.766. The number of aromatic nitrogens is 2. The van der Waals surface area contributed by atoms with Gasteiger partial charge in [-0.25, -0.2) is 0 Å². The molecule has 1 heterocycles. The van der Waals surface area contributed by atoms with Crippen LogP contribution in [0.1, 0.15) is 31.6 Å². The van der Waals surface area contributed by atoms with Crippen molar-refractivity contribution in [1.29, 1.82) is 0 Å². The number of benzene rings is 1. The van der Waals surface area contributed by atoms with Crippen LogP contribution in [0.5, 0.6) is 5.75 Å². The highest BCUT2D eigenvalue weighted by Gasteiger charge is 2.40. The van der Waals surface area contributed by atoms with E-state index in [1.807, 2.05) is 30.3 Å². The molecule has 1 N–H and O–H groups in total. The molecule has 25 heavy (non-hydrogen) atoms. The Bertz CT molecular complexity index is 721. The molecule has 2 bridgehead atoms. The molecule has 1 aromatic carbocycles. The molecule has 0 saturated heterocycles. The first-order valence-corrected chi connectivity index (χ1v) is 9.67. The fourth-order valence-corrected chi connectivity index (χ4v) is 4.41. The number of para-hydroxylation sites is 1. The number of hydrogen-bond donors (Lipinski definition) is 1. The molecule has 0 radical (unpaired) electrons. The van der Waals surface area contributed by atoms with Crippen molar-refractivity contribution in [3.63, 3.8) is 0 Å². The summed E-state index contributed by atoms with van der Waals surface area (Å²) in [6.45, 7) is 0.217. The van der Waals surface area contributed by atoms with E-state index in [0.29, 0.717) is 28.8 Å². The third-order valence-corrected chi connectivity index (χ3v) is 5.78. The molecule has 7 heteroatoms. The van der Waals surface area contributed by atoms with Gasteiger partial charge in [0.15, 0.2) is 6.61 Å². The van der Waals surface area contributed by atoms with Gasteiger partial charge in [0.25, 0.3) is 11.1 Å². The Morgan fingerprint density at radius 1 is 1.24 bits per heavy atom. The maximum atomic E-state index is 12.1. The highest BCUT2D eigenvalue weighted by Crippen LogP contribution is 2.44. The van der Waals surface area contributed by atoms with Crippen LogP contribution in [0.15, 0.2) is 40.0 Å². The van der Waals surface area contributed by atoms with Crippen molar-refractivity contribution in [3.05, 3.63) is 36.2 Å². The lowest BCUT2D eigenvalue weighted by Gasteiger charge is -2.22. The highest BCUT2D eigenvalue weighted by molar-refractivity contribution is 7.99. The maximum Gasteiger partial charge on any atom is 0.277 e. The Balaban J connectivity index is 1.21. The lowest BCUT2D eigenvalue weighted by Crippen LogP contribution is -2.39. The maximum absolute atomic E-state index is 12.1. The van der Waals surface area contributed by atoms with Crippen LogP contribution in [0.3, 0.4) is 0 Å². The zero-order valence-corrected chi connectivity index (χ0v) is 14.7. The molecule has 3 atom stereocenters. The van der Waals surface area contributed by atoms with Crippen molar-refractivity contribution in [2.24, 2.45) is 11.8 Å². The zero-order valence-electron chi connectivity index (χ0n) is 13.9. The summed E-state index contributed by atoms with van der Waals surface area (Å²) >= 11 is 1.27. The van der Waals surface area contributed by atoms with Crippen LogP contribution in [0, 0.1) is 11.8 Å². The minimum atomic E-state index is 0.0443. The van der Waals surface area contributed by atoms with Crippen LogP contribution in [0.25, 0.3) is 0 Å². The second kappa shape index (κ2) is 7.47. The molecular weight excluding hydrogens is 338 g/mol. The second-order valence-electron chi connectivity index (χ2n) is 6.70. The number of nitrogens with one attached hydrogen (secondary N) is 1. The number of fused-ring (bicyclic) bond motifs is 2. The van der Waals surface area contributed by atoms with Crippen molar-refractivity contribution in [3.8, 4) is 5.75 Å². The second-order valence-corrected chi connectivity index (χ2v) is 7.63. The van der Waals surface area contributed by atoms with Gasteiger partial charge in [-0.3, -0.25) is 4.79 Å². The predicted octanol–water partition coefficient (Wildman–Crippen LogP) is 3.05. The minimum Gasteiger partial charge on any atom is -0.484 e. The van der Waals surface area contributed by atoms with E-state index in [4.69, 9.17) is 9.15 Å². The summed E-state index contributed by atoms with van der Waals surface area (Å²) in [7, 11) is 0. The molecular formula is C18H21N3O3S. The van der Waals surface area contributed by atoms with Crippen LogP contribution in [0.4, 0.5) is 0 Å². The summed E-state index contributed by atoms with van der Waals surface area (Å²) in [6, 6.07) is 9.83. The van der Waals surface area contributed by atoms with Gasteiger partial charge in [-0.05, 0) is 43.2 Å². The third kappa shape index (κ3) is 4.15. The van der Waals surface area contributed by atoms with Gasteiger partial charge in [0, 0.05) is 6.04 Å². The smallest absolute Gasteiger partial charge is 0.277 e. The van der Waals surface area contributed by atoms with Gasteiger partial charge < -0.3 is 14.5 Å². The van der Waals surface area contributed by atoms with Crippen LogP contribution in [-0.2, 0) is 11.4 Å². The summed E-state index contributed by atoms with van der Waals surface area (Å²) in [5.74, 6) is 3.01. The minimum absolute atomic E-state index is 0.0443. The SMILES string of the molecule is O=C(CSc1nnc(COc2ccccc2)o1)N[C@@H]1C[C@@H]2CC[C@H]1C2. The Labute approximate surface area is 150 Å². The summed E-state index contributed by atoms with van der Waals surface area (Å²) < 4.78 is 11.1. The van der Waals surface area contributed by atoms with Crippen molar-refractivity contribution < 1.29 is 13.9 Å². The molecule has 0 spiro atoms. The van der Waals surface area contributed by atoms with E-state index in [1.165, 1.54) is 31.0 Å². The van der Waals surface area contributed by atoms with E-state index in [9.17, 15) is 4.79 Å². The monoisotopic (exact) mass is 359 g/mol. The normalized spacial score (nSPS) is 24.4. The number of rotatable bonds is 7. The van der Waals surface area contributed by atoms with E-state index in [0.717, 1.165) is 18.1 Å². The van der Waals surface area contributed by atoms with E-state index in [-0.39, 0.29) is 12.5 Å². The Morgan fingerprint density at radius 2 is 2.12 bits per heavy atom. The lowest BCUT2D eigenvalue weighted by atomic mass is 9.95. The van der Waals surface area contributed by atoms with Crippen molar-refractivity contribution in [2.75, 3.05) is 5.75 Å². The van der Waals surface area contributed by atoms with E-state index >= 15 is 0 Å². The summed E-state index contributed by atoms with van der Waals surface area (Å²) in [6.07, 6.45) is 5.02. The van der Waals surface area contributed by atoms with Gasteiger partial charge >= 0.3 is 0 Å². The van der Waals surface area contributed by atoms with E-state index in [1.54, 1.807) is 0 Å². The molecule has 2 aromatic rings. The van der Waals surface area contributed by atoms with Crippen LogP contribution < -0.4 is 10.1 Å². The molecule has 2 aliphatic carbocycles. The average molecular weight is 359 g/mol. The molecule has 2 fully saturated rings. The number of ether oxygens (including phenoxy) is 1. The van der Waals surface area contributed by atoms with Crippen molar-refractivity contribution in [2.45, 2.75) is 43.6 Å². The number of nitrogens with zero attached hydrogens (tertiary/aromatic N) is 2. The molecule has 1 amide bonds. The number of amides is 1. The fourth-order valence-electron chi connectivity index (χ4n) is 3.81. The Morgan fingerprint density at radius 3 is 2.88 bits per heavy atom. The highest BCUT2D eigenvalue weighted by atomic mass is 32.2. The molecule has 1 aromatic heterocycles. The van der Waals surface area contributed by atoms with Crippen LogP contribution >= 0.6 is 11.8 Å².